The Morgan fingerprint density at radius 1 is 1.53 bits per heavy atom. The van der Waals surface area contributed by atoms with Gasteiger partial charge in [0.1, 0.15) is 11.6 Å². The largest absolute Gasteiger partial charge is 0.389 e. The molecular weight excluding hydrogens is 220 g/mol. The van der Waals surface area contributed by atoms with Crippen LogP contribution in [0.3, 0.4) is 0 Å². The Morgan fingerprint density at radius 3 is 2.94 bits per heavy atom. The molecule has 0 amide bonds. The third-order valence-corrected chi connectivity index (χ3v) is 2.21. The highest BCUT2D eigenvalue weighted by molar-refractivity contribution is 5.43. The smallest absolute Gasteiger partial charge is 0.149 e. The highest BCUT2D eigenvalue weighted by Crippen LogP contribution is 2.10. The molecule has 1 aromatic heterocycles. The van der Waals surface area contributed by atoms with Gasteiger partial charge in [0.05, 0.1) is 25.1 Å². The second kappa shape index (κ2) is 7.03. The molecule has 2 N–H and O–H groups in total. The van der Waals surface area contributed by atoms with E-state index in [4.69, 9.17) is 4.74 Å². The predicted octanol–water partition coefficient (Wildman–Crippen LogP) is 0.352. The number of ether oxygens (including phenoxy) is 1. The summed E-state index contributed by atoms with van der Waals surface area (Å²) < 4.78 is 4.88. The molecule has 96 valence electrons. The first kappa shape index (κ1) is 13.7. The van der Waals surface area contributed by atoms with Crippen LogP contribution in [0.15, 0.2) is 12.4 Å². The van der Waals surface area contributed by atoms with Crippen LogP contribution in [0.5, 0.6) is 0 Å². The lowest BCUT2D eigenvalue weighted by atomic mass is 10.3. The SMILES string of the molecule is CCNc1cncc(N(C)CC(O)COC)n1. The van der Waals surface area contributed by atoms with Crippen LogP contribution in [-0.2, 0) is 4.74 Å². The van der Waals surface area contributed by atoms with E-state index in [9.17, 15) is 5.11 Å². The van der Waals surface area contributed by atoms with E-state index in [0.717, 1.165) is 18.2 Å². The van der Waals surface area contributed by atoms with Gasteiger partial charge in [0.15, 0.2) is 0 Å². The highest BCUT2D eigenvalue weighted by atomic mass is 16.5. The average Bonchev–Trinajstić information content (AvgIpc) is 2.30. The summed E-state index contributed by atoms with van der Waals surface area (Å²) >= 11 is 0. The minimum atomic E-state index is -0.533. The number of aliphatic hydroxyl groups excluding tert-OH is 1. The van der Waals surface area contributed by atoms with Crippen molar-refractivity contribution in [2.45, 2.75) is 13.0 Å². The van der Waals surface area contributed by atoms with Crippen molar-refractivity contribution in [3.63, 3.8) is 0 Å². The molecule has 0 spiro atoms. The van der Waals surface area contributed by atoms with Gasteiger partial charge in [-0.25, -0.2) is 4.98 Å². The second-order valence-corrected chi connectivity index (χ2v) is 3.78. The van der Waals surface area contributed by atoms with E-state index in [-0.39, 0.29) is 0 Å². The Balaban J connectivity index is 2.61. The van der Waals surface area contributed by atoms with Gasteiger partial charge in [-0.3, -0.25) is 4.98 Å². The van der Waals surface area contributed by atoms with Crippen molar-refractivity contribution >= 4 is 11.6 Å². The summed E-state index contributed by atoms with van der Waals surface area (Å²) in [6.07, 6.45) is 2.81. The molecular formula is C11H20N4O2. The van der Waals surface area contributed by atoms with Crippen molar-refractivity contribution in [2.24, 2.45) is 0 Å². The molecule has 17 heavy (non-hydrogen) atoms. The monoisotopic (exact) mass is 240 g/mol. The first-order valence-electron chi connectivity index (χ1n) is 5.61. The van der Waals surface area contributed by atoms with Gasteiger partial charge in [0.25, 0.3) is 0 Å². The minimum Gasteiger partial charge on any atom is -0.389 e. The number of methoxy groups -OCH3 is 1. The number of nitrogens with one attached hydrogen (secondary N) is 1. The Hall–Kier alpha value is -1.40. The molecule has 0 radical (unpaired) electrons. The number of likely N-dealkylation sites (N-methyl/N-ethyl adjacent to an activating group) is 1. The zero-order valence-corrected chi connectivity index (χ0v) is 10.6. The molecule has 6 heteroatoms. The Bertz CT molecular complexity index is 335. The summed E-state index contributed by atoms with van der Waals surface area (Å²) in [5, 5.41) is 12.7. The van der Waals surface area contributed by atoms with Crippen LogP contribution in [0.4, 0.5) is 11.6 Å². The van der Waals surface area contributed by atoms with Crippen LogP contribution in [-0.4, -0.2) is 55.0 Å². The van der Waals surface area contributed by atoms with E-state index in [1.54, 1.807) is 19.5 Å². The van der Waals surface area contributed by atoms with Crippen molar-refractivity contribution < 1.29 is 9.84 Å². The van der Waals surface area contributed by atoms with Gasteiger partial charge >= 0.3 is 0 Å². The van der Waals surface area contributed by atoms with E-state index in [1.807, 2.05) is 18.9 Å². The molecule has 0 saturated carbocycles. The van der Waals surface area contributed by atoms with E-state index in [1.165, 1.54) is 0 Å². The normalized spacial score (nSPS) is 12.2. The van der Waals surface area contributed by atoms with Crippen molar-refractivity contribution in [3.05, 3.63) is 12.4 Å². The number of anilines is 2. The van der Waals surface area contributed by atoms with Crippen molar-refractivity contribution in [3.8, 4) is 0 Å². The lowest BCUT2D eigenvalue weighted by Gasteiger charge is -2.21. The summed E-state index contributed by atoms with van der Waals surface area (Å²) in [6, 6.07) is 0. The summed E-state index contributed by atoms with van der Waals surface area (Å²) in [5.41, 5.74) is 0. The fourth-order valence-corrected chi connectivity index (χ4v) is 1.46. The molecule has 1 aromatic rings. The Kier molecular flexibility index (Phi) is 5.65. The highest BCUT2D eigenvalue weighted by Gasteiger charge is 2.10. The Labute approximate surface area is 102 Å². The summed E-state index contributed by atoms with van der Waals surface area (Å²) in [7, 11) is 3.42. The van der Waals surface area contributed by atoms with Gasteiger partial charge in [-0.05, 0) is 6.92 Å². The van der Waals surface area contributed by atoms with Gasteiger partial charge < -0.3 is 20.1 Å². The fraction of sp³-hybridized carbons (Fsp3) is 0.636. The summed E-state index contributed by atoms with van der Waals surface area (Å²) in [6.45, 7) is 3.57. The molecule has 1 rings (SSSR count). The molecule has 1 heterocycles. The molecule has 0 aromatic carbocycles. The van der Waals surface area contributed by atoms with Gasteiger partial charge in [-0.15, -0.1) is 0 Å². The molecule has 1 unspecified atom stereocenters. The molecule has 1 atom stereocenters. The van der Waals surface area contributed by atoms with E-state index < -0.39 is 6.10 Å². The third-order valence-electron chi connectivity index (χ3n) is 2.21. The van der Waals surface area contributed by atoms with Crippen molar-refractivity contribution in [1.29, 1.82) is 0 Å². The van der Waals surface area contributed by atoms with Gasteiger partial charge in [-0.1, -0.05) is 0 Å². The van der Waals surface area contributed by atoms with Crippen LogP contribution in [0.1, 0.15) is 6.92 Å². The molecule has 0 fully saturated rings. The van der Waals surface area contributed by atoms with E-state index in [0.29, 0.717) is 13.2 Å². The topological polar surface area (TPSA) is 70.5 Å². The lowest BCUT2D eigenvalue weighted by Crippen LogP contribution is -2.32. The number of nitrogens with zero attached hydrogens (tertiary/aromatic N) is 3. The number of aromatic nitrogens is 2. The molecule has 0 bridgehead atoms. The molecule has 0 aliphatic heterocycles. The number of hydrogen-bond donors (Lipinski definition) is 2. The third kappa shape index (κ3) is 4.54. The van der Waals surface area contributed by atoms with Crippen LogP contribution >= 0.6 is 0 Å². The van der Waals surface area contributed by atoms with E-state index >= 15 is 0 Å². The molecule has 0 aliphatic rings. The minimum absolute atomic E-state index is 0.310. The van der Waals surface area contributed by atoms with Crippen molar-refractivity contribution in [1.82, 2.24) is 9.97 Å². The van der Waals surface area contributed by atoms with Gasteiger partial charge in [0, 0.05) is 27.2 Å². The zero-order valence-electron chi connectivity index (χ0n) is 10.6. The van der Waals surface area contributed by atoms with Gasteiger partial charge in [0.2, 0.25) is 0 Å². The number of rotatable bonds is 7. The molecule has 0 saturated heterocycles. The summed E-state index contributed by atoms with van der Waals surface area (Å²) in [5.74, 6) is 1.46. The average molecular weight is 240 g/mol. The maximum atomic E-state index is 9.62. The fourth-order valence-electron chi connectivity index (χ4n) is 1.46. The van der Waals surface area contributed by atoms with Crippen LogP contribution in [0.2, 0.25) is 0 Å². The maximum Gasteiger partial charge on any atom is 0.149 e. The number of aliphatic hydroxyl groups is 1. The van der Waals surface area contributed by atoms with Gasteiger partial charge in [-0.2, -0.15) is 0 Å². The zero-order chi connectivity index (χ0) is 12.7. The first-order valence-corrected chi connectivity index (χ1v) is 5.61. The Morgan fingerprint density at radius 2 is 2.29 bits per heavy atom. The van der Waals surface area contributed by atoms with Crippen LogP contribution in [0, 0.1) is 0 Å². The quantitative estimate of drug-likeness (QED) is 0.716. The lowest BCUT2D eigenvalue weighted by molar-refractivity contribution is 0.0694. The standard InChI is InChI=1S/C11H20N4O2/c1-4-13-10-5-12-6-11(14-10)15(2)7-9(16)8-17-3/h5-6,9,16H,4,7-8H2,1-3H3,(H,13,14). The summed E-state index contributed by atoms with van der Waals surface area (Å²) in [4.78, 5) is 10.3. The number of hydrogen-bond acceptors (Lipinski definition) is 6. The van der Waals surface area contributed by atoms with Crippen LogP contribution in [0.25, 0.3) is 0 Å². The van der Waals surface area contributed by atoms with Crippen molar-refractivity contribution in [2.75, 3.05) is 44.1 Å². The second-order valence-electron chi connectivity index (χ2n) is 3.78. The molecule has 6 nitrogen and oxygen atoms in total. The first-order chi connectivity index (χ1) is 8.17. The van der Waals surface area contributed by atoms with Crippen LogP contribution < -0.4 is 10.2 Å². The maximum absolute atomic E-state index is 9.62. The predicted molar refractivity (Wildman–Crippen MR) is 67.3 cm³/mol. The molecule has 0 aliphatic carbocycles. The van der Waals surface area contributed by atoms with E-state index in [2.05, 4.69) is 15.3 Å².